The molecule has 0 amide bonds. The number of rotatable bonds is 2. The number of hydrogen-bond donors (Lipinski definition) is 1. The first-order valence-electron chi connectivity index (χ1n) is 4.88. The zero-order chi connectivity index (χ0) is 13.1. The van der Waals surface area contributed by atoms with Crippen molar-refractivity contribution in [3.8, 4) is 17.7 Å². The van der Waals surface area contributed by atoms with Crippen LogP contribution in [-0.2, 0) is 0 Å². The lowest BCUT2D eigenvalue weighted by molar-refractivity contribution is 0.464. The van der Waals surface area contributed by atoms with Gasteiger partial charge in [0, 0.05) is 6.20 Å². The van der Waals surface area contributed by atoms with E-state index in [4.69, 9.17) is 27.3 Å². The number of halogens is 2. The Kier molecular flexibility index (Phi) is 3.31. The minimum absolute atomic E-state index is 0.112. The van der Waals surface area contributed by atoms with Gasteiger partial charge in [0.25, 0.3) is 0 Å². The van der Waals surface area contributed by atoms with Crippen LogP contribution >= 0.6 is 11.6 Å². The fourth-order valence-electron chi connectivity index (χ4n) is 1.28. The quantitative estimate of drug-likeness (QED) is 0.903. The van der Waals surface area contributed by atoms with Gasteiger partial charge < -0.3 is 10.5 Å². The molecule has 2 N–H and O–H groups in total. The van der Waals surface area contributed by atoms with E-state index < -0.39 is 5.82 Å². The van der Waals surface area contributed by atoms with Crippen molar-refractivity contribution in [1.29, 1.82) is 5.26 Å². The summed E-state index contributed by atoms with van der Waals surface area (Å²) in [6.07, 6.45) is 1.32. The van der Waals surface area contributed by atoms with Crippen molar-refractivity contribution >= 4 is 17.3 Å². The Morgan fingerprint density at radius 2 is 2.17 bits per heavy atom. The van der Waals surface area contributed by atoms with Crippen LogP contribution in [0.5, 0.6) is 11.6 Å². The molecule has 0 saturated heterocycles. The van der Waals surface area contributed by atoms with Crippen molar-refractivity contribution in [3.05, 3.63) is 46.9 Å². The van der Waals surface area contributed by atoms with E-state index in [1.807, 2.05) is 6.07 Å². The highest BCUT2D eigenvalue weighted by molar-refractivity contribution is 6.32. The average Bonchev–Trinajstić information content (AvgIpc) is 2.34. The summed E-state index contributed by atoms with van der Waals surface area (Å²) in [5.74, 6) is -0.113. The van der Waals surface area contributed by atoms with Crippen molar-refractivity contribution in [2.75, 3.05) is 5.73 Å². The monoisotopic (exact) mass is 263 g/mol. The van der Waals surface area contributed by atoms with E-state index in [1.165, 1.54) is 24.4 Å². The van der Waals surface area contributed by atoms with E-state index in [1.54, 1.807) is 0 Å². The molecule has 0 saturated carbocycles. The molecular formula is C12H7ClFN3O. The first kappa shape index (κ1) is 12.1. The van der Waals surface area contributed by atoms with Crippen LogP contribution in [0.15, 0.2) is 30.5 Å². The summed E-state index contributed by atoms with van der Waals surface area (Å²) >= 11 is 5.80. The zero-order valence-electron chi connectivity index (χ0n) is 9.02. The third-order valence-corrected chi connectivity index (χ3v) is 2.40. The van der Waals surface area contributed by atoms with Crippen molar-refractivity contribution in [3.63, 3.8) is 0 Å². The average molecular weight is 264 g/mol. The predicted octanol–water partition coefficient (Wildman–Crippen LogP) is 3.12. The standard InChI is InChI=1S/C12H7ClFN3O/c13-9-4-8(14)1-2-11(9)18-12-10(16)3-7(5-15)6-17-12/h1-4,6H,16H2. The lowest BCUT2D eigenvalue weighted by Crippen LogP contribution is -1.96. The Bertz CT molecular complexity index is 640. The molecule has 0 atom stereocenters. The van der Waals surface area contributed by atoms with Crippen LogP contribution in [0.2, 0.25) is 5.02 Å². The number of hydrogen-bond acceptors (Lipinski definition) is 4. The van der Waals surface area contributed by atoms with Crippen LogP contribution in [0, 0.1) is 17.1 Å². The molecular weight excluding hydrogens is 257 g/mol. The Balaban J connectivity index is 2.32. The van der Waals surface area contributed by atoms with Crippen LogP contribution in [-0.4, -0.2) is 4.98 Å². The maximum atomic E-state index is 12.8. The summed E-state index contributed by atoms with van der Waals surface area (Å²) in [6.45, 7) is 0. The van der Waals surface area contributed by atoms with Crippen LogP contribution in [0.25, 0.3) is 0 Å². The van der Waals surface area contributed by atoms with Crippen molar-refractivity contribution in [2.24, 2.45) is 0 Å². The fraction of sp³-hybridized carbons (Fsp3) is 0. The fourth-order valence-corrected chi connectivity index (χ4v) is 1.48. The molecule has 4 nitrogen and oxygen atoms in total. The molecule has 0 unspecified atom stereocenters. The van der Waals surface area contributed by atoms with Gasteiger partial charge in [-0.05, 0) is 24.3 Å². The largest absolute Gasteiger partial charge is 0.435 e. The molecule has 0 spiro atoms. The van der Waals surface area contributed by atoms with E-state index in [0.717, 1.165) is 6.07 Å². The Labute approximate surface area is 107 Å². The third-order valence-electron chi connectivity index (χ3n) is 2.11. The molecule has 6 heteroatoms. The lowest BCUT2D eigenvalue weighted by atomic mass is 10.3. The number of nitrogen functional groups attached to an aromatic ring is 1. The number of nitriles is 1. The van der Waals surface area contributed by atoms with Crippen molar-refractivity contribution in [2.45, 2.75) is 0 Å². The molecule has 1 heterocycles. The maximum absolute atomic E-state index is 12.8. The second-order valence-electron chi connectivity index (χ2n) is 3.41. The molecule has 0 bridgehead atoms. The Morgan fingerprint density at radius 3 is 2.78 bits per heavy atom. The van der Waals surface area contributed by atoms with Gasteiger partial charge in [-0.2, -0.15) is 5.26 Å². The zero-order valence-corrected chi connectivity index (χ0v) is 9.78. The first-order chi connectivity index (χ1) is 8.60. The van der Waals surface area contributed by atoms with Gasteiger partial charge in [0.2, 0.25) is 5.88 Å². The van der Waals surface area contributed by atoms with Gasteiger partial charge >= 0.3 is 0 Å². The highest BCUT2D eigenvalue weighted by Crippen LogP contribution is 2.31. The molecule has 2 aromatic rings. The maximum Gasteiger partial charge on any atom is 0.242 e. The first-order valence-corrected chi connectivity index (χ1v) is 5.26. The number of pyridine rings is 1. The van der Waals surface area contributed by atoms with Crippen LogP contribution in [0.3, 0.4) is 0 Å². The third kappa shape index (κ3) is 2.50. The lowest BCUT2D eigenvalue weighted by Gasteiger charge is -2.08. The van der Waals surface area contributed by atoms with Gasteiger partial charge in [0.15, 0.2) is 0 Å². The molecule has 1 aromatic heterocycles. The van der Waals surface area contributed by atoms with Crippen molar-refractivity contribution < 1.29 is 9.13 Å². The summed E-state index contributed by atoms with van der Waals surface area (Å²) in [4.78, 5) is 3.89. The molecule has 0 aliphatic rings. The molecule has 90 valence electrons. The molecule has 2 rings (SSSR count). The van der Waals surface area contributed by atoms with Crippen LogP contribution in [0.1, 0.15) is 5.56 Å². The van der Waals surface area contributed by atoms with E-state index in [2.05, 4.69) is 4.98 Å². The predicted molar refractivity (Wildman–Crippen MR) is 64.8 cm³/mol. The Morgan fingerprint density at radius 1 is 1.39 bits per heavy atom. The summed E-state index contributed by atoms with van der Waals surface area (Å²) in [5, 5.41) is 8.78. The number of nitrogens with zero attached hydrogens (tertiary/aromatic N) is 2. The second kappa shape index (κ2) is 4.90. The van der Waals surface area contributed by atoms with E-state index in [-0.39, 0.29) is 22.3 Å². The number of anilines is 1. The van der Waals surface area contributed by atoms with Crippen LogP contribution < -0.4 is 10.5 Å². The molecule has 18 heavy (non-hydrogen) atoms. The summed E-state index contributed by atoms with van der Waals surface area (Å²) < 4.78 is 18.2. The number of ether oxygens (including phenoxy) is 1. The minimum atomic E-state index is -0.465. The highest BCUT2D eigenvalue weighted by Gasteiger charge is 2.09. The minimum Gasteiger partial charge on any atom is -0.435 e. The smallest absolute Gasteiger partial charge is 0.242 e. The van der Waals surface area contributed by atoms with Crippen molar-refractivity contribution in [1.82, 2.24) is 4.98 Å². The topological polar surface area (TPSA) is 71.9 Å². The molecule has 0 radical (unpaired) electrons. The van der Waals surface area contributed by atoms with Gasteiger partial charge in [-0.25, -0.2) is 9.37 Å². The SMILES string of the molecule is N#Cc1cnc(Oc2ccc(F)cc2Cl)c(N)c1. The molecule has 0 aliphatic heterocycles. The van der Waals surface area contributed by atoms with Gasteiger partial charge in [0.1, 0.15) is 17.6 Å². The normalized spacial score (nSPS) is 9.83. The van der Waals surface area contributed by atoms with E-state index in [9.17, 15) is 4.39 Å². The molecule has 1 aromatic carbocycles. The molecule has 0 fully saturated rings. The van der Waals surface area contributed by atoms with Gasteiger partial charge in [-0.1, -0.05) is 11.6 Å². The van der Waals surface area contributed by atoms with Crippen LogP contribution in [0.4, 0.5) is 10.1 Å². The molecule has 0 aliphatic carbocycles. The second-order valence-corrected chi connectivity index (χ2v) is 3.81. The van der Waals surface area contributed by atoms with Gasteiger partial charge in [-0.15, -0.1) is 0 Å². The number of aromatic nitrogens is 1. The summed E-state index contributed by atoms with van der Waals surface area (Å²) in [7, 11) is 0. The summed E-state index contributed by atoms with van der Waals surface area (Å²) in [5.41, 5.74) is 6.20. The Hall–Kier alpha value is -2.32. The van der Waals surface area contributed by atoms with Gasteiger partial charge in [-0.3, -0.25) is 0 Å². The highest BCUT2D eigenvalue weighted by atomic mass is 35.5. The van der Waals surface area contributed by atoms with E-state index in [0.29, 0.717) is 5.56 Å². The number of benzene rings is 1. The number of nitrogens with two attached hydrogens (primary N) is 1. The van der Waals surface area contributed by atoms with Gasteiger partial charge in [0.05, 0.1) is 16.3 Å². The summed E-state index contributed by atoms with van der Waals surface area (Å²) in [6, 6.07) is 7.04. The van der Waals surface area contributed by atoms with E-state index >= 15 is 0 Å².